The summed E-state index contributed by atoms with van der Waals surface area (Å²) in [6.45, 7) is 0.845. The number of carbonyl (C=O) groups is 1. The van der Waals surface area contributed by atoms with E-state index in [1.165, 1.54) is 15.0 Å². The van der Waals surface area contributed by atoms with Crippen molar-refractivity contribution < 1.29 is 14.6 Å². The molecule has 0 bridgehead atoms. The van der Waals surface area contributed by atoms with Crippen LogP contribution in [0.25, 0.3) is 16.7 Å². The van der Waals surface area contributed by atoms with Crippen LogP contribution < -0.4 is 16.4 Å². The van der Waals surface area contributed by atoms with Gasteiger partial charge in [0.15, 0.2) is 0 Å². The van der Waals surface area contributed by atoms with Crippen molar-refractivity contribution in [3.8, 4) is 0 Å². The Bertz CT molecular complexity index is 1160. The Hall–Kier alpha value is -3.04. The molecule has 4 heterocycles. The lowest BCUT2D eigenvalue weighted by molar-refractivity contribution is 0.0855. The molecular weight excluding hydrogens is 362 g/mol. The molecule has 9 heteroatoms. The summed E-state index contributed by atoms with van der Waals surface area (Å²) < 4.78 is 8.29. The van der Waals surface area contributed by atoms with Crippen LogP contribution in [0.2, 0.25) is 0 Å². The first-order valence-corrected chi connectivity index (χ1v) is 9.20. The number of aliphatic hydroxyl groups is 1. The van der Waals surface area contributed by atoms with Gasteiger partial charge in [0.05, 0.1) is 23.7 Å². The molecule has 0 aromatic carbocycles. The first-order chi connectivity index (χ1) is 13.6. The van der Waals surface area contributed by atoms with Gasteiger partial charge in [-0.1, -0.05) is 6.07 Å². The molecule has 9 nitrogen and oxygen atoms in total. The van der Waals surface area contributed by atoms with Crippen LogP contribution >= 0.6 is 0 Å². The van der Waals surface area contributed by atoms with Crippen LogP contribution in [-0.4, -0.2) is 50.8 Å². The maximum atomic E-state index is 12.9. The van der Waals surface area contributed by atoms with Gasteiger partial charge < -0.3 is 19.7 Å². The van der Waals surface area contributed by atoms with Gasteiger partial charge in [-0.2, -0.15) is 0 Å². The molecule has 1 fully saturated rings. The molecule has 0 radical (unpaired) electrons. The number of hydrogen-bond donors (Lipinski definition) is 3. The molecule has 4 rings (SSSR count). The zero-order valence-corrected chi connectivity index (χ0v) is 15.2. The largest absolute Gasteiger partial charge is 0.395 e. The topological polar surface area (TPSA) is 122 Å². The van der Waals surface area contributed by atoms with Crippen LogP contribution in [0.15, 0.2) is 35.3 Å². The number of aromatic nitrogens is 3. The van der Waals surface area contributed by atoms with E-state index in [1.54, 1.807) is 24.4 Å². The Labute approximate surface area is 159 Å². The molecule has 146 valence electrons. The molecule has 1 amide bonds. The molecule has 1 aliphatic rings. The lowest BCUT2D eigenvalue weighted by Crippen LogP contribution is -2.38. The number of nitrogens with one attached hydrogen (secondary N) is 2. The van der Waals surface area contributed by atoms with E-state index in [0.717, 1.165) is 12.8 Å². The standard InChI is InChI=1S/C19H21N5O4/c20-16-13(18(26)21-11-12-4-3-9-28-12)10-14-17(24(16)7-8-25)22-15-5-1-2-6-23(15)19(14)27/h1-2,5-6,10,12,20,25H,3-4,7-9,11H2,(H,21,26)/t12-/m0/s1. The van der Waals surface area contributed by atoms with E-state index in [9.17, 15) is 14.7 Å². The highest BCUT2D eigenvalue weighted by molar-refractivity contribution is 5.96. The van der Waals surface area contributed by atoms with Crippen molar-refractivity contribution in [1.82, 2.24) is 19.3 Å². The third-order valence-electron chi connectivity index (χ3n) is 4.90. The summed E-state index contributed by atoms with van der Waals surface area (Å²) >= 11 is 0. The Morgan fingerprint density at radius 1 is 1.43 bits per heavy atom. The van der Waals surface area contributed by atoms with Crippen molar-refractivity contribution in [2.24, 2.45) is 0 Å². The summed E-state index contributed by atoms with van der Waals surface area (Å²) in [6, 6.07) is 6.58. The Balaban J connectivity index is 1.84. The summed E-state index contributed by atoms with van der Waals surface area (Å²) in [4.78, 5) is 30.1. The number of pyridine rings is 2. The van der Waals surface area contributed by atoms with E-state index >= 15 is 0 Å². The third kappa shape index (κ3) is 3.19. The minimum Gasteiger partial charge on any atom is -0.395 e. The predicted octanol–water partition coefficient (Wildman–Crippen LogP) is 0.0298. The Morgan fingerprint density at radius 3 is 3.04 bits per heavy atom. The highest BCUT2D eigenvalue weighted by Gasteiger charge is 2.20. The van der Waals surface area contributed by atoms with E-state index in [0.29, 0.717) is 18.8 Å². The molecule has 1 aliphatic heterocycles. The number of fused-ring (bicyclic) bond motifs is 2. The van der Waals surface area contributed by atoms with Crippen LogP contribution in [0.5, 0.6) is 0 Å². The molecule has 0 aliphatic carbocycles. The molecule has 0 unspecified atom stereocenters. The van der Waals surface area contributed by atoms with Crippen molar-refractivity contribution in [2.75, 3.05) is 19.8 Å². The Kier molecular flexibility index (Phi) is 4.93. The van der Waals surface area contributed by atoms with Crippen LogP contribution in [0, 0.1) is 5.41 Å². The van der Waals surface area contributed by atoms with E-state index in [4.69, 9.17) is 10.1 Å². The van der Waals surface area contributed by atoms with Gasteiger partial charge in [0.1, 0.15) is 16.8 Å². The van der Waals surface area contributed by atoms with Crippen molar-refractivity contribution in [1.29, 1.82) is 5.41 Å². The summed E-state index contributed by atoms with van der Waals surface area (Å²) in [5.41, 5.74) is 0.334. The number of nitrogens with zero attached hydrogens (tertiary/aromatic N) is 3. The van der Waals surface area contributed by atoms with Crippen LogP contribution in [0.4, 0.5) is 0 Å². The molecule has 28 heavy (non-hydrogen) atoms. The molecule has 0 spiro atoms. The summed E-state index contributed by atoms with van der Waals surface area (Å²) in [5, 5.41) is 20.9. The number of ether oxygens (including phenoxy) is 1. The first kappa shape index (κ1) is 18.3. The zero-order valence-electron chi connectivity index (χ0n) is 15.2. The number of hydrogen-bond acceptors (Lipinski definition) is 6. The van der Waals surface area contributed by atoms with E-state index in [2.05, 4.69) is 10.3 Å². The van der Waals surface area contributed by atoms with Gasteiger partial charge in [0.2, 0.25) is 0 Å². The fourth-order valence-electron chi connectivity index (χ4n) is 3.48. The predicted molar refractivity (Wildman–Crippen MR) is 101 cm³/mol. The maximum Gasteiger partial charge on any atom is 0.267 e. The van der Waals surface area contributed by atoms with Crippen molar-refractivity contribution >= 4 is 22.6 Å². The molecule has 3 N–H and O–H groups in total. The SMILES string of the molecule is N=c1c(C(=O)NC[C@@H]2CCCO2)cc2c(=O)n3ccccc3nc2n1CCO. The second-order valence-corrected chi connectivity index (χ2v) is 6.71. The monoisotopic (exact) mass is 383 g/mol. The lowest BCUT2D eigenvalue weighted by Gasteiger charge is -2.15. The number of aliphatic hydroxyl groups excluding tert-OH is 1. The average molecular weight is 383 g/mol. The van der Waals surface area contributed by atoms with Crippen LogP contribution in [0.1, 0.15) is 23.2 Å². The van der Waals surface area contributed by atoms with E-state index in [-0.39, 0.29) is 46.9 Å². The molecular formula is C19H21N5O4. The van der Waals surface area contributed by atoms with Gasteiger partial charge in [-0.05, 0) is 31.0 Å². The van der Waals surface area contributed by atoms with Gasteiger partial charge in [-0.3, -0.25) is 19.4 Å². The fraction of sp³-hybridized carbons (Fsp3) is 0.368. The maximum absolute atomic E-state index is 12.9. The molecule has 3 aromatic heterocycles. The van der Waals surface area contributed by atoms with Crippen molar-refractivity contribution in [3.05, 3.63) is 51.9 Å². The first-order valence-electron chi connectivity index (χ1n) is 9.20. The van der Waals surface area contributed by atoms with Crippen molar-refractivity contribution in [3.63, 3.8) is 0 Å². The van der Waals surface area contributed by atoms with Gasteiger partial charge in [-0.25, -0.2) is 4.98 Å². The van der Waals surface area contributed by atoms with Gasteiger partial charge in [-0.15, -0.1) is 0 Å². The van der Waals surface area contributed by atoms with Crippen LogP contribution in [-0.2, 0) is 11.3 Å². The van der Waals surface area contributed by atoms with E-state index < -0.39 is 5.91 Å². The second kappa shape index (κ2) is 7.53. The summed E-state index contributed by atoms with van der Waals surface area (Å²) in [7, 11) is 0. The highest BCUT2D eigenvalue weighted by atomic mass is 16.5. The number of carbonyl (C=O) groups excluding carboxylic acids is 1. The summed E-state index contributed by atoms with van der Waals surface area (Å²) in [5.74, 6) is -0.452. The van der Waals surface area contributed by atoms with E-state index in [1.807, 2.05) is 0 Å². The van der Waals surface area contributed by atoms with Gasteiger partial charge in [0, 0.05) is 25.9 Å². The lowest BCUT2D eigenvalue weighted by atomic mass is 10.2. The number of amides is 1. The minimum atomic E-state index is -0.452. The Morgan fingerprint density at radius 2 is 2.29 bits per heavy atom. The van der Waals surface area contributed by atoms with Crippen molar-refractivity contribution in [2.45, 2.75) is 25.5 Å². The number of rotatable bonds is 5. The fourth-order valence-corrected chi connectivity index (χ4v) is 3.48. The average Bonchev–Trinajstić information content (AvgIpc) is 3.22. The molecule has 1 atom stereocenters. The smallest absolute Gasteiger partial charge is 0.267 e. The third-order valence-corrected chi connectivity index (χ3v) is 4.90. The molecule has 1 saturated heterocycles. The quantitative estimate of drug-likeness (QED) is 0.537. The second-order valence-electron chi connectivity index (χ2n) is 6.71. The summed E-state index contributed by atoms with van der Waals surface area (Å²) in [6.07, 6.45) is 3.42. The normalized spacial score (nSPS) is 16.7. The molecule has 3 aromatic rings. The minimum absolute atomic E-state index is 0.0283. The highest BCUT2D eigenvalue weighted by Crippen LogP contribution is 2.12. The molecule has 0 saturated carbocycles. The van der Waals surface area contributed by atoms with Crippen LogP contribution in [0.3, 0.4) is 0 Å². The van der Waals surface area contributed by atoms with Gasteiger partial charge in [0.25, 0.3) is 11.5 Å². The zero-order chi connectivity index (χ0) is 19.7. The van der Waals surface area contributed by atoms with Gasteiger partial charge >= 0.3 is 0 Å².